The highest BCUT2D eigenvalue weighted by Crippen LogP contribution is 2.06. The van der Waals surface area contributed by atoms with Gasteiger partial charge in [0.2, 0.25) is 5.88 Å². The molecule has 1 heterocycles. The second-order valence-electron chi connectivity index (χ2n) is 3.85. The molecule has 0 amide bonds. The van der Waals surface area contributed by atoms with Crippen LogP contribution in [0.2, 0.25) is 0 Å². The number of nitrogens with one attached hydrogen (secondary N) is 1. The van der Waals surface area contributed by atoms with E-state index in [9.17, 15) is 0 Å². The van der Waals surface area contributed by atoms with E-state index < -0.39 is 0 Å². The maximum absolute atomic E-state index is 5.43. The molecular formula is C11H19N3O. The zero-order chi connectivity index (χ0) is 11.1. The smallest absolute Gasteiger partial charge is 0.233 e. The molecule has 0 bridgehead atoms. The number of hydrogen-bond acceptors (Lipinski definition) is 4. The lowest BCUT2D eigenvalue weighted by molar-refractivity contribution is 0.258. The summed E-state index contributed by atoms with van der Waals surface area (Å²) >= 11 is 0. The lowest BCUT2D eigenvalue weighted by Crippen LogP contribution is -2.13. The van der Waals surface area contributed by atoms with E-state index in [0.717, 1.165) is 18.8 Å². The molecule has 1 N–H and O–H groups in total. The van der Waals surface area contributed by atoms with Gasteiger partial charge in [-0.15, -0.1) is 5.10 Å². The Hall–Kier alpha value is -1.16. The van der Waals surface area contributed by atoms with Crippen LogP contribution < -0.4 is 10.1 Å². The molecule has 84 valence electrons. The third kappa shape index (κ3) is 4.74. The highest BCUT2D eigenvalue weighted by molar-refractivity contribution is 5.11. The number of rotatable bonds is 6. The summed E-state index contributed by atoms with van der Waals surface area (Å²) in [7, 11) is 0. The molecule has 0 aliphatic carbocycles. The van der Waals surface area contributed by atoms with Crippen LogP contribution in [0.15, 0.2) is 12.1 Å². The molecule has 0 aromatic carbocycles. The van der Waals surface area contributed by atoms with Crippen molar-refractivity contribution < 1.29 is 4.74 Å². The first-order chi connectivity index (χ1) is 7.22. The van der Waals surface area contributed by atoms with Gasteiger partial charge in [-0.05, 0) is 18.5 Å². The van der Waals surface area contributed by atoms with Gasteiger partial charge in [0.1, 0.15) is 0 Å². The van der Waals surface area contributed by atoms with Gasteiger partial charge in [-0.1, -0.05) is 20.8 Å². The van der Waals surface area contributed by atoms with Gasteiger partial charge in [0.05, 0.1) is 12.3 Å². The highest BCUT2D eigenvalue weighted by Gasteiger charge is 1.99. The molecule has 0 spiro atoms. The van der Waals surface area contributed by atoms with Crippen molar-refractivity contribution in [1.29, 1.82) is 0 Å². The summed E-state index contributed by atoms with van der Waals surface area (Å²) in [6.45, 7) is 8.65. The fourth-order valence-electron chi connectivity index (χ4n) is 1.02. The number of ether oxygens (including phenoxy) is 1. The van der Waals surface area contributed by atoms with Crippen LogP contribution >= 0.6 is 0 Å². The molecule has 0 saturated heterocycles. The molecule has 0 saturated carbocycles. The molecule has 0 aliphatic rings. The molecule has 4 nitrogen and oxygen atoms in total. The first-order valence-corrected chi connectivity index (χ1v) is 5.38. The van der Waals surface area contributed by atoms with E-state index in [0.29, 0.717) is 18.4 Å². The second-order valence-corrected chi connectivity index (χ2v) is 3.85. The number of hydrogen-bond donors (Lipinski definition) is 1. The Labute approximate surface area is 91.1 Å². The number of nitrogens with zero attached hydrogens (tertiary/aromatic N) is 2. The van der Waals surface area contributed by atoms with Crippen molar-refractivity contribution in [2.45, 2.75) is 27.3 Å². The molecule has 4 heteroatoms. The summed E-state index contributed by atoms with van der Waals surface area (Å²) in [5.41, 5.74) is 0.939. The molecule has 0 aliphatic heterocycles. The van der Waals surface area contributed by atoms with Crippen LogP contribution in [0.5, 0.6) is 5.88 Å². The second kappa shape index (κ2) is 6.35. The van der Waals surface area contributed by atoms with Crippen molar-refractivity contribution in [3.05, 3.63) is 17.8 Å². The minimum Gasteiger partial charge on any atom is -0.476 e. The minimum absolute atomic E-state index is 0.508. The Morgan fingerprint density at radius 1 is 1.33 bits per heavy atom. The van der Waals surface area contributed by atoms with Crippen LogP contribution in [0.3, 0.4) is 0 Å². The molecule has 15 heavy (non-hydrogen) atoms. The fraction of sp³-hybridized carbons (Fsp3) is 0.636. The van der Waals surface area contributed by atoms with Crippen molar-refractivity contribution in [3.63, 3.8) is 0 Å². The molecule has 0 radical (unpaired) electrons. The van der Waals surface area contributed by atoms with E-state index in [1.165, 1.54) is 0 Å². The van der Waals surface area contributed by atoms with Crippen molar-refractivity contribution >= 4 is 0 Å². The van der Waals surface area contributed by atoms with Gasteiger partial charge in [-0.2, -0.15) is 5.10 Å². The Bertz CT molecular complexity index is 272. The third-order valence-electron chi connectivity index (χ3n) is 1.82. The van der Waals surface area contributed by atoms with E-state index in [1.807, 2.05) is 12.1 Å². The zero-order valence-corrected chi connectivity index (χ0v) is 9.66. The van der Waals surface area contributed by atoms with E-state index in [2.05, 4.69) is 36.3 Å². The van der Waals surface area contributed by atoms with Crippen molar-refractivity contribution in [2.24, 2.45) is 5.92 Å². The topological polar surface area (TPSA) is 47.0 Å². The largest absolute Gasteiger partial charge is 0.476 e. The van der Waals surface area contributed by atoms with E-state index in [4.69, 9.17) is 4.74 Å². The van der Waals surface area contributed by atoms with Crippen LogP contribution in [0.1, 0.15) is 26.5 Å². The van der Waals surface area contributed by atoms with Gasteiger partial charge in [0, 0.05) is 12.6 Å². The Morgan fingerprint density at radius 2 is 2.13 bits per heavy atom. The summed E-state index contributed by atoms with van der Waals surface area (Å²) in [5.74, 6) is 1.11. The molecule has 0 unspecified atom stereocenters. The van der Waals surface area contributed by atoms with Crippen molar-refractivity contribution in [2.75, 3.05) is 13.2 Å². The van der Waals surface area contributed by atoms with Gasteiger partial charge in [0.15, 0.2) is 0 Å². The van der Waals surface area contributed by atoms with Crippen molar-refractivity contribution in [1.82, 2.24) is 15.5 Å². The summed E-state index contributed by atoms with van der Waals surface area (Å²) in [5, 5.41) is 11.2. The molecule has 0 atom stereocenters. The summed E-state index contributed by atoms with van der Waals surface area (Å²) in [6.07, 6.45) is 0. The standard InChI is InChI=1S/C11H19N3O/c1-4-12-7-10-5-6-11(14-13-10)15-8-9(2)3/h5-6,9,12H,4,7-8H2,1-3H3. The Kier molecular flexibility index (Phi) is 5.04. The van der Waals surface area contributed by atoms with Crippen LogP contribution in [-0.4, -0.2) is 23.3 Å². The predicted molar refractivity (Wildman–Crippen MR) is 59.7 cm³/mol. The van der Waals surface area contributed by atoms with E-state index in [-0.39, 0.29) is 0 Å². The van der Waals surface area contributed by atoms with E-state index >= 15 is 0 Å². The lowest BCUT2D eigenvalue weighted by atomic mass is 10.2. The lowest BCUT2D eigenvalue weighted by Gasteiger charge is -2.07. The van der Waals surface area contributed by atoms with Crippen LogP contribution in [0.4, 0.5) is 0 Å². The minimum atomic E-state index is 0.508. The summed E-state index contributed by atoms with van der Waals surface area (Å²) < 4.78 is 5.43. The first kappa shape index (κ1) is 11.9. The summed E-state index contributed by atoms with van der Waals surface area (Å²) in [4.78, 5) is 0. The fourth-order valence-corrected chi connectivity index (χ4v) is 1.02. The molecule has 1 aromatic rings. The Balaban J connectivity index is 2.41. The van der Waals surface area contributed by atoms with Gasteiger partial charge in [-0.3, -0.25) is 0 Å². The highest BCUT2D eigenvalue weighted by atomic mass is 16.5. The van der Waals surface area contributed by atoms with Gasteiger partial charge in [-0.25, -0.2) is 0 Å². The maximum Gasteiger partial charge on any atom is 0.233 e. The molecular weight excluding hydrogens is 190 g/mol. The summed E-state index contributed by atoms with van der Waals surface area (Å²) in [6, 6.07) is 3.80. The Morgan fingerprint density at radius 3 is 2.67 bits per heavy atom. The average molecular weight is 209 g/mol. The van der Waals surface area contributed by atoms with Crippen LogP contribution in [-0.2, 0) is 6.54 Å². The van der Waals surface area contributed by atoms with Gasteiger partial charge in [0.25, 0.3) is 0 Å². The monoisotopic (exact) mass is 209 g/mol. The quantitative estimate of drug-likeness (QED) is 0.773. The van der Waals surface area contributed by atoms with E-state index in [1.54, 1.807) is 0 Å². The predicted octanol–water partition coefficient (Wildman–Crippen LogP) is 1.62. The SMILES string of the molecule is CCNCc1ccc(OCC(C)C)nn1. The zero-order valence-electron chi connectivity index (χ0n) is 9.66. The molecule has 1 rings (SSSR count). The molecule has 1 aromatic heterocycles. The van der Waals surface area contributed by atoms with Crippen LogP contribution in [0.25, 0.3) is 0 Å². The first-order valence-electron chi connectivity index (χ1n) is 5.38. The van der Waals surface area contributed by atoms with Crippen molar-refractivity contribution in [3.8, 4) is 5.88 Å². The molecule has 0 fully saturated rings. The average Bonchev–Trinajstić information content (AvgIpc) is 2.25. The number of aromatic nitrogens is 2. The van der Waals surface area contributed by atoms with Gasteiger partial charge < -0.3 is 10.1 Å². The third-order valence-corrected chi connectivity index (χ3v) is 1.82. The normalized spacial score (nSPS) is 10.7. The maximum atomic E-state index is 5.43. The van der Waals surface area contributed by atoms with Gasteiger partial charge >= 0.3 is 0 Å². The van der Waals surface area contributed by atoms with Crippen LogP contribution in [0, 0.1) is 5.92 Å².